The lowest BCUT2D eigenvalue weighted by molar-refractivity contribution is 0.193. The number of carbonyl (C=O) groups excluding carboxylic acids is 1. The average Bonchev–Trinajstić information content (AvgIpc) is 3.59. The van der Waals surface area contributed by atoms with Crippen molar-refractivity contribution in [2.45, 2.75) is 24.8 Å². The van der Waals surface area contributed by atoms with Gasteiger partial charge in [0, 0.05) is 35.5 Å². The van der Waals surface area contributed by atoms with E-state index in [-0.39, 0.29) is 24.6 Å². The second-order valence-electron chi connectivity index (χ2n) is 9.39. The fourth-order valence-corrected chi connectivity index (χ4v) is 4.80. The summed E-state index contributed by atoms with van der Waals surface area (Å²) in [5, 5.41) is 23.3. The highest BCUT2D eigenvalue weighted by molar-refractivity contribution is 5.87. The molecule has 0 bridgehead atoms. The van der Waals surface area contributed by atoms with Gasteiger partial charge in [0.25, 0.3) is 0 Å². The van der Waals surface area contributed by atoms with Gasteiger partial charge < -0.3 is 20.9 Å². The molecule has 10 nitrogen and oxygen atoms in total. The maximum Gasteiger partial charge on any atom is 0.414 e. The number of hydrogen-bond donors (Lipinski definition) is 4. The molecule has 0 radical (unpaired) electrons. The van der Waals surface area contributed by atoms with Gasteiger partial charge >= 0.3 is 6.09 Å². The van der Waals surface area contributed by atoms with Crippen molar-refractivity contribution in [3.63, 3.8) is 0 Å². The molecule has 0 aliphatic heterocycles. The van der Waals surface area contributed by atoms with Crippen LogP contribution in [-0.2, 0) is 5.54 Å². The largest absolute Gasteiger partial charge is 0.414 e. The van der Waals surface area contributed by atoms with Gasteiger partial charge in [-0.2, -0.15) is 5.10 Å². The molecule has 3 aromatic heterocycles. The molecule has 0 unspecified atom stereocenters. The third-order valence-electron chi connectivity index (χ3n) is 6.94. The zero-order valence-electron chi connectivity index (χ0n) is 20.6. The van der Waals surface area contributed by atoms with Crippen molar-refractivity contribution >= 4 is 11.7 Å². The maximum absolute atomic E-state index is 12.3. The van der Waals surface area contributed by atoms with Crippen LogP contribution in [0, 0.1) is 0 Å². The molecule has 192 valence electrons. The minimum atomic E-state index is -0.720. The molecule has 0 atom stereocenters. The van der Waals surface area contributed by atoms with Crippen molar-refractivity contribution < 1.29 is 14.6 Å². The van der Waals surface area contributed by atoms with Crippen LogP contribution < -0.4 is 15.8 Å². The van der Waals surface area contributed by atoms with Crippen molar-refractivity contribution in [1.82, 2.24) is 30.1 Å². The van der Waals surface area contributed by atoms with Gasteiger partial charge in [0.1, 0.15) is 5.69 Å². The molecule has 38 heavy (non-hydrogen) atoms. The van der Waals surface area contributed by atoms with E-state index in [1.165, 1.54) is 0 Å². The minimum Gasteiger partial charge on any atom is -0.395 e. The van der Waals surface area contributed by atoms with E-state index in [1.807, 2.05) is 48.5 Å². The van der Waals surface area contributed by atoms with E-state index in [2.05, 4.69) is 32.7 Å². The van der Waals surface area contributed by atoms with E-state index in [0.29, 0.717) is 16.9 Å². The normalized spacial score (nSPS) is 14.3. The van der Waals surface area contributed by atoms with Crippen LogP contribution in [0.3, 0.4) is 0 Å². The molecule has 5 N–H and O–H groups in total. The summed E-state index contributed by atoms with van der Waals surface area (Å²) in [6, 6.07) is 21.5. The number of carbonyl (C=O) groups is 1. The second-order valence-corrected chi connectivity index (χ2v) is 9.39. The van der Waals surface area contributed by atoms with Crippen molar-refractivity contribution in [3.8, 4) is 39.7 Å². The van der Waals surface area contributed by atoms with Crippen LogP contribution in [0.15, 0.2) is 72.9 Å². The summed E-state index contributed by atoms with van der Waals surface area (Å²) < 4.78 is 7.16. The lowest BCUT2D eigenvalue weighted by atomic mass is 9.72. The number of hydrogen-bond acceptors (Lipinski definition) is 7. The van der Waals surface area contributed by atoms with Gasteiger partial charge in [-0.25, -0.2) is 14.3 Å². The van der Waals surface area contributed by atoms with Crippen LogP contribution in [0.4, 0.5) is 4.79 Å². The Labute approximate surface area is 218 Å². The molecule has 2 aromatic carbocycles. The Morgan fingerprint density at radius 3 is 2.55 bits per heavy atom. The lowest BCUT2D eigenvalue weighted by Gasteiger charge is -2.38. The Hall–Kier alpha value is -4.54. The number of aromatic amines is 1. The van der Waals surface area contributed by atoms with Crippen LogP contribution in [0.25, 0.3) is 39.4 Å². The fourth-order valence-electron chi connectivity index (χ4n) is 4.80. The predicted molar refractivity (Wildman–Crippen MR) is 142 cm³/mol. The summed E-state index contributed by atoms with van der Waals surface area (Å²) in [6.45, 7) is -0.134. The zero-order chi connectivity index (χ0) is 26.1. The number of rotatable bonds is 7. The van der Waals surface area contributed by atoms with Crippen molar-refractivity contribution in [2.24, 2.45) is 5.73 Å². The van der Waals surface area contributed by atoms with Crippen molar-refractivity contribution in [1.29, 1.82) is 0 Å². The number of aliphatic hydroxyl groups excluding tert-OH is 1. The highest BCUT2D eigenvalue weighted by atomic mass is 16.6. The number of nitrogens with one attached hydrogen (secondary N) is 2. The quantitative estimate of drug-likeness (QED) is 0.261. The van der Waals surface area contributed by atoms with Gasteiger partial charge in [-0.15, -0.1) is 5.10 Å². The predicted octanol–water partition coefficient (Wildman–Crippen LogP) is 3.87. The molecule has 6 rings (SSSR count). The van der Waals surface area contributed by atoms with Gasteiger partial charge in [0.15, 0.2) is 5.65 Å². The molecule has 1 aliphatic rings. The minimum absolute atomic E-state index is 0.0671. The number of aliphatic hydroxyl groups is 1. The molecule has 3 heterocycles. The van der Waals surface area contributed by atoms with Crippen LogP contribution in [0.5, 0.6) is 5.88 Å². The Morgan fingerprint density at radius 2 is 1.89 bits per heavy atom. The number of benzene rings is 2. The maximum atomic E-state index is 12.3. The molecule has 10 heteroatoms. The number of nitrogens with two attached hydrogens (primary N) is 1. The SMILES string of the molecule is NC1(c2ccc(-c3nc4c(-c5cc[nH]n5)cc(OC(=O)NCCO)nn4c3-c3ccccc3)cc2)CCC1. The monoisotopic (exact) mass is 509 g/mol. The summed E-state index contributed by atoms with van der Waals surface area (Å²) in [7, 11) is 0. The van der Waals surface area contributed by atoms with Crippen LogP contribution in [0.2, 0.25) is 0 Å². The van der Waals surface area contributed by atoms with Gasteiger partial charge in [0.2, 0.25) is 5.88 Å². The standard InChI is InChI=1S/C28H27N7O3/c29-28(12-4-13-28)20-9-7-18(8-10-20)24-25(19-5-2-1-3-6-19)35-26(32-24)21(22-11-14-31-33-22)17-23(34-35)38-27(37)30-15-16-36/h1-3,5-11,14,17,36H,4,12-13,15-16,29H2,(H,30,37)(H,31,33). The Kier molecular flexibility index (Phi) is 6.10. The first-order valence-corrected chi connectivity index (χ1v) is 12.5. The van der Waals surface area contributed by atoms with Crippen molar-refractivity contribution in [2.75, 3.05) is 13.2 Å². The summed E-state index contributed by atoms with van der Waals surface area (Å²) in [4.78, 5) is 17.3. The topological polar surface area (TPSA) is 143 Å². The van der Waals surface area contributed by atoms with E-state index in [4.69, 9.17) is 20.6 Å². The van der Waals surface area contributed by atoms with E-state index in [0.717, 1.165) is 47.3 Å². The number of H-pyrrole nitrogens is 1. The van der Waals surface area contributed by atoms with E-state index >= 15 is 0 Å². The summed E-state index contributed by atoms with van der Waals surface area (Å²) in [5.74, 6) is 0.0671. The van der Waals surface area contributed by atoms with E-state index < -0.39 is 6.09 Å². The number of amides is 1. The van der Waals surface area contributed by atoms with E-state index in [9.17, 15) is 4.79 Å². The van der Waals surface area contributed by atoms with Crippen LogP contribution in [-0.4, -0.2) is 49.1 Å². The fraction of sp³-hybridized carbons (Fsp3) is 0.214. The number of fused-ring (bicyclic) bond motifs is 1. The first-order chi connectivity index (χ1) is 18.6. The summed E-state index contributed by atoms with van der Waals surface area (Å²) in [5.41, 5.74) is 12.5. The number of ether oxygens (including phenoxy) is 1. The van der Waals surface area contributed by atoms with Crippen LogP contribution in [0.1, 0.15) is 24.8 Å². The number of aromatic nitrogens is 5. The summed E-state index contributed by atoms with van der Waals surface area (Å²) in [6.07, 6.45) is 4.11. The van der Waals surface area contributed by atoms with Gasteiger partial charge in [-0.05, 0) is 30.9 Å². The molecule has 1 saturated carbocycles. The molecular weight excluding hydrogens is 482 g/mol. The lowest BCUT2D eigenvalue weighted by Crippen LogP contribution is -2.43. The molecule has 1 amide bonds. The Balaban J connectivity index is 1.54. The Bertz CT molecular complexity index is 1570. The van der Waals surface area contributed by atoms with E-state index in [1.54, 1.807) is 16.8 Å². The smallest absolute Gasteiger partial charge is 0.395 e. The molecule has 0 spiro atoms. The third-order valence-corrected chi connectivity index (χ3v) is 6.94. The first-order valence-electron chi connectivity index (χ1n) is 12.5. The second kappa shape index (κ2) is 9.73. The third kappa shape index (κ3) is 4.29. The zero-order valence-corrected chi connectivity index (χ0v) is 20.6. The summed E-state index contributed by atoms with van der Waals surface area (Å²) >= 11 is 0. The molecule has 5 aromatic rings. The highest BCUT2D eigenvalue weighted by Crippen LogP contribution is 2.40. The van der Waals surface area contributed by atoms with Gasteiger partial charge in [0.05, 0.1) is 23.6 Å². The molecule has 1 fully saturated rings. The number of imidazole rings is 1. The molecule has 0 saturated heterocycles. The molecular formula is C28H27N7O3. The van der Waals surface area contributed by atoms with Crippen LogP contribution >= 0.6 is 0 Å². The molecule has 1 aliphatic carbocycles. The average molecular weight is 510 g/mol. The first kappa shape index (κ1) is 23.8. The number of nitrogens with zero attached hydrogens (tertiary/aromatic N) is 4. The van der Waals surface area contributed by atoms with Gasteiger partial charge in [-0.3, -0.25) is 5.10 Å². The van der Waals surface area contributed by atoms with Gasteiger partial charge in [-0.1, -0.05) is 54.6 Å². The highest BCUT2D eigenvalue weighted by Gasteiger charge is 2.34. The Morgan fingerprint density at radius 1 is 1.11 bits per heavy atom. The van der Waals surface area contributed by atoms with Crippen molar-refractivity contribution in [3.05, 3.63) is 78.5 Å².